The van der Waals surface area contributed by atoms with Gasteiger partial charge in [-0.05, 0) is 116 Å². The van der Waals surface area contributed by atoms with E-state index in [-0.39, 0.29) is 31.6 Å². The fourth-order valence-electron chi connectivity index (χ4n) is 3.92. The molecule has 1 rings (SSSR count). The molecule has 0 aliphatic carbocycles. The Morgan fingerprint density at radius 2 is 1.33 bits per heavy atom. The van der Waals surface area contributed by atoms with Crippen LogP contribution in [0.2, 0.25) is 0 Å². The highest BCUT2D eigenvalue weighted by Gasteiger charge is 2.31. The number of pyridine rings is 1. The molecule has 0 fully saturated rings. The van der Waals surface area contributed by atoms with E-state index in [2.05, 4.69) is 36.9 Å². The third-order valence-corrected chi connectivity index (χ3v) is 6.29. The fourth-order valence-corrected chi connectivity index (χ4v) is 4.15. The van der Waals surface area contributed by atoms with Crippen molar-refractivity contribution in [3.63, 3.8) is 0 Å². The Bertz CT molecular complexity index is 1170. The van der Waals surface area contributed by atoms with Gasteiger partial charge in [0.1, 0.15) is 28.9 Å². The summed E-state index contributed by atoms with van der Waals surface area (Å²) in [7, 11) is 0. The molecular weight excluding hydrogens is 662 g/mol. The van der Waals surface area contributed by atoms with Gasteiger partial charge in [0.05, 0.1) is 6.04 Å². The van der Waals surface area contributed by atoms with Crippen molar-refractivity contribution >= 4 is 45.8 Å². The molecule has 1 heterocycles. The lowest BCUT2D eigenvalue weighted by atomic mass is 10.1. The van der Waals surface area contributed by atoms with Crippen molar-refractivity contribution in [1.82, 2.24) is 20.9 Å². The third-order valence-electron chi connectivity index (χ3n) is 5.82. The van der Waals surface area contributed by atoms with Crippen LogP contribution in [0.4, 0.5) is 4.79 Å². The molecular formula is C32H52BrN5O8. The van der Waals surface area contributed by atoms with Gasteiger partial charge in [0.2, 0.25) is 5.91 Å². The molecule has 260 valence electrons. The molecule has 0 spiro atoms. The van der Waals surface area contributed by atoms with E-state index in [9.17, 15) is 24.0 Å². The van der Waals surface area contributed by atoms with Crippen LogP contribution in [0.3, 0.4) is 0 Å². The molecule has 13 nitrogen and oxygen atoms in total. The van der Waals surface area contributed by atoms with Crippen LogP contribution in [0.5, 0.6) is 0 Å². The van der Waals surface area contributed by atoms with Crippen LogP contribution in [-0.4, -0.2) is 76.3 Å². The molecule has 3 atom stereocenters. The number of aromatic nitrogens is 1. The monoisotopic (exact) mass is 713 g/mol. The summed E-state index contributed by atoms with van der Waals surface area (Å²) in [6, 6.07) is -0.208. The molecule has 0 aliphatic rings. The van der Waals surface area contributed by atoms with Gasteiger partial charge in [-0.25, -0.2) is 14.4 Å². The lowest BCUT2D eigenvalue weighted by Gasteiger charge is -2.27. The number of carbonyl (C=O) groups is 5. The van der Waals surface area contributed by atoms with Gasteiger partial charge in [0.25, 0.3) is 0 Å². The maximum absolute atomic E-state index is 13.1. The van der Waals surface area contributed by atoms with Crippen molar-refractivity contribution in [3.8, 4) is 0 Å². The van der Waals surface area contributed by atoms with E-state index in [0.29, 0.717) is 25.1 Å². The number of esters is 3. The number of amides is 3. The molecule has 0 aliphatic heterocycles. The van der Waals surface area contributed by atoms with E-state index < -0.39 is 58.9 Å². The van der Waals surface area contributed by atoms with E-state index in [1.165, 1.54) is 0 Å². The zero-order chi connectivity index (χ0) is 35.3. The average molecular weight is 715 g/mol. The first kappa shape index (κ1) is 40.8. The summed E-state index contributed by atoms with van der Waals surface area (Å²) in [6.45, 7) is 15.7. The quantitative estimate of drug-likeness (QED) is 0.118. The molecule has 14 heteroatoms. The second-order valence-corrected chi connectivity index (χ2v) is 14.9. The first-order valence-electron chi connectivity index (χ1n) is 15.4. The normalized spacial score (nSPS) is 13.9. The molecule has 0 radical (unpaired) electrons. The number of halogens is 1. The summed E-state index contributed by atoms with van der Waals surface area (Å²) in [5.41, 5.74) is 4.35. The van der Waals surface area contributed by atoms with Crippen LogP contribution >= 0.6 is 15.9 Å². The number of rotatable bonds is 15. The topological polar surface area (TPSA) is 188 Å². The summed E-state index contributed by atoms with van der Waals surface area (Å²) in [5, 5.41) is 7.92. The minimum absolute atomic E-state index is 0.0753. The minimum atomic E-state index is -1.18. The molecule has 5 N–H and O–H groups in total. The van der Waals surface area contributed by atoms with E-state index >= 15 is 0 Å². The zero-order valence-electron chi connectivity index (χ0n) is 28.6. The first-order valence-corrected chi connectivity index (χ1v) is 16.2. The van der Waals surface area contributed by atoms with Crippen molar-refractivity contribution < 1.29 is 38.2 Å². The smallest absolute Gasteiger partial charge is 0.329 e. The van der Waals surface area contributed by atoms with Gasteiger partial charge >= 0.3 is 23.9 Å². The summed E-state index contributed by atoms with van der Waals surface area (Å²) in [5.74, 6) is -2.25. The summed E-state index contributed by atoms with van der Waals surface area (Å²) < 4.78 is 17.1. The lowest BCUT2D eigenvalue weighted by Crippen LogP contribution is -2.53. The van der Waals surface area contributed by atoms with Crippen LogP contribution in [0.1, 0.15) is 100 Å². The number of carbonyl (C=O) groups excluding carboxylic acids is 5. The molecule has 0 unspecified atom stereocenters. The minimum Gasteiger partial charge on any atom is -0.460 e. The number of ether oxygens (including phenoxy) is 3. The van der Waals surface area contributed by atoms with Gasteiger partial charge in [-0.3, -0.25) is 14.6 Å². The molecule has 0 bridgehead atoms. The Balaban J connectivity index is 2.81. The summed E-state index contributed by atoms with van der Waals surface area (Å²) >= 11 is 3.32. The number of nitrogens with zero attached hydrogens (tertiary/aromatic N) is 1. The maximum atomic E-state index is 13.1. The van der Waals surface area contributed by atoms with E-state index in [0.717, 1.165) is 4.47 Å². The van der Waals surface area contributed by atoms with Gasteiger partial charge < -0.3 is 35.9 Å². The Kier molecular flexibility index (Phi) is 16.1. The van der Waals surface area contributed by atoms with E-state index in [4.69, 9.17) is 19.9 Å². The largest absolute Gasteiger partial charge is 0.460 e. The molecule has 46 heavy (non-hydrogen) atoms. The van der Waals surface area contributed by atoms with Gasteiger partial charge in [0.15, 0.2) is 0 Å². The van der Waals surface area contributed by atoms with Crippen molar-refractivity contribution in [3.05, 3.63) is 28.5 Å². The van der Waals surface area contributed by atoms with E-state index in [1.54, 1.807) is 74.6 Å². The number of unbranched alkanes of at least 4 members (excludes halogenated alkanes) is 1. The van der Waals surface area contributed by atoms with Crippen LogP contribution in [0.25, 0.3) is 0 Å². The van der Waals surface area contributed by atoms with Gasteiger partial charge in [-0.1, -0.05) is 0 Å². The van der Waals surface area contributed by atoms with E-state index in [1.807, 2.05) is 6.07 Å². The average Bonchev–Trinajstić information content (AvgIpc) is 2.88. The molecule has 0 aromatic carbocycles. The predicted octanol–water partition coefficient (Wildman–Crippen LogP) is 3.84. The molecule has 1 aromatic rings. The number of hydrogen-bond donors (Lipinski definition) is 4. The molecule has 3 amide bonds. The van der Waals surface area contributed by atoms with Crippen molar-refractivity contribution in [1.29, 1.82) is 0 Å². The second-order valence-electron chi connectivity index (χ2n) is 14.0. The van der Waals surface area contributed by atoms with Gasteiger partial charge in [0, 0.05) is 35.7 Å². The van der Waals surface area contributed by atoms with Crippen molar-refractivity contribution in [2.75, 3.05) is 6.54 Å². The van der Waals surface area contributed by atoms with Crippen LogP contribution in [-0.2, 0) is 39.8 Å². The van der Waals surface area contributed by atoms with Crippen molar-refractivity contribution in [2.45, 2.75) is 136 Å². The molecule has 0 saturated heterocycles. The molecule has 0 saturated carbocycles. The first-order chi connectivity index (χ1) is 21.0. The lowest BCUT2D eigenvalue weighted by molar-refractivity contribution is -0.159. The second kappa shape index (κ2) is 18.2. The Morgan fingerprint density at radius 1 is 0.804 bits per heavy atom. The predicted molar refractivity (Wildman–Crippen MR) is 176 cm³/mol. The highest BCUT2D eigenvalue weighted by Crippen LogP contribution is 2.15. The maximum Gasteiger partial charge on any atom is 0.329 e. The van der Waals surface area contributed by atoms with Crippen LogP contribution in [0, 0.1) is 0 Å². The van der Waals surface area contributed by atoms with Crippen molar-refractivity contribution in [2.24, 2.45) is 5.73 Å². The van der Waals surface area contributed by atoms with Crippen LogP contribution < -0.4 is 21.7 Å². The number of hydrogen-bond acceptors (Lipinski definition) is 10. The Hall–Kier alpha value is -3.26. The van der Waals surface area contributed by atoms with Gasteiger partial charge in [-0.15, -0.1) is 0 Å². The highest BCUT2D eigenvalue weighted by molar-refractivity contribution is 9.10. The zero-order valence-corrected chi connectivity index (χ0v) is 30.2. The number of nitrogens with two attached hydrogens (primary N) is 1. The number of nitrogens with one attached hydrogen (secondary N) is 3. The summed E-state index contributed by atoms with van der Waals surface area (Å²) in [6.07, 6.45) is 2.83. The highest BCUT2D eigenvalue weighted by atomic mass is 79.9. The fraction of sp³-hybridized carbons (Fsp3) is 0.688. The Morgan fingerprint density at radius 3 is 1.80 bits per heavy atom. The van der Waals surface area contributed by atoms with Crippen LogP contribution in [0.15, 0.2) is 22.8 Å². The standard InChI is InChI=1S/C32H52BrN5O8/c1-30(2,3)44-25(39)16-15-24(28(42)46-32(7,8)9)38-29(43)37-23(27(41)45-31(4,5)6)12-10-11-17-35-26(40)22(34)18-21-14-13-20(33)19-36-21/h13-14,19,22-24H,10-12,15-18,34H2,1-9H3,(H,35,40)(H2,37,38,43)/t22-,23-,24-/m0/s1. The Labute approximate surface area is 281 Å². The molecule has 1 aromatic heterocycles. The summed E-state index contributed by atoms with van der Waals surface area (Å²) in [4.78, 5) is 67.9. The SMILES string of the molecule is CC(C)(C)OC(=O)CC[C@H](NC(=O)N[C@@H](CCCCNC(=O)[C@@H](N)Cc1ccc(Br)cn1)C(=O)OC(C)(C)C)C(=O)OC(C)(C)C. The number of urea groups is 1. The van der Waals surface area contributed by atoms with Gasteiger partial charge in [-0.2, -0.15) is 0 Å². The third kappa shape index (κ3) is 18.6.